The number of hydrogen-bond donors (Lipinski definition) is 0. The molecule has 0 heterocycles. The first-order chi connectivity index (χ1) is 7.65. The molecule has 0 radical (unpaired) electrons. The van der Waals surface area contributed by atoms with Crippen LogP contribution in [0.2, 0.25) is 0 Å². The zero-order valence-electron chi connectivity index (χ0n) is 9.96. The van der Waals surface area contributed by atoms with E-state index in [9.17, 15) is 14.5 Å². The van der Waals surface area contributed by atoms with Gasteiger partial charge in [0.05, 0.1) is 4.92 Å². The van der Waals surface area contributed by atoms with Crippen molar-refractivity contribution in [3.8, 4) is 0 Å². The number of halogens is 2. The van der Waals surface area contributed by atoms with E-state index in [4.69, 9.17) is 0 Å². The summed E-state index contributed by atoms with van der Waals surface area (Å²) in [5.74, 6) is -0.801. The fourth-order valence-electron chi connectivity index (χ4n) is 0.781. The molecule has 0 bridgehead atoms. The van der Waals surface area contributed by atoms with Gasteiger partial charge in [-0.1, -0.05) is 49.7 Å². The Morgan fingerprint density at radius 3 is 2.19 bits per heavy atom. The van der Waals surface area contributed by atoms with Crippen LogP contribution in [0.1, 0.15) is 33.3 Å². The van der Waals surface area contributed by atoms with E-state index in [1.165, 1.54) is 12.1 Å². The van der Waals surface area contributed by atoms with Gasteiger partial charge in [-0.3, -0.25) is 10.1 Å². The highest BCUT2D eigenvalue weighted by Crippen LogP contribution is 2.19. The van der Waals surface area contributed by atoms with Crippen LogP contribution in [0, 0.1) is 15.9 Å². The van der Waals surface area contributed by atoms with Crippen LogP contribution < -0.4 is 0 Å². The van der Waals surface area contributed by atoms with Gasteiger partial charge in [0.2, 0.25) is 5.82 Å². The van der Waals surface area contributed by atoms with Crippen LogP contribution in [0.3, 0.4) is 0 Å². The van der Waals surface area contributed by atoms with Gasteiger partial charge in [-0.25, -0.2) is 0 Å². The van der Waals surface area contributed by atoms with Gasteiger partial charge >= 0.3 is 5.69 Å². The number of alkyl halides is 1. The Hall–Kier alpha value is -0.970. The highest BCUT2D eigenvalue weighted by molar-refractivity contribution is 9.08. The quantitative estimate of drug-likeness (QED) is 0.451. The minimum atomic E-state index is -0.801. The second kappa shape index (κ2) is 10.5. The fraction of sp³-hybridized carbons (Fsp3) is 0.455. The van der Waals surface area contributed by atoms with Crippen LogP contribution in [0.5, 0.6) is 0 Å². The molecule has 0 atom stereocenters. The van der Waals surface area contributed by atoms with Crippen LogP contribution in [0.25, 0.3) is 0 Å². The van der Waals surface area contributed by atoms with Gasteiger partial charge in [-0.15, -0.1) is 0 Å². The molecule has 92 valence electrons. The summed E-state index contributed by atoms with van der Waals surface area (Å²) in [6.45, 7) is 8.00. The van der Waals surface area contributed by atoms with Crippen molar-refractivity contribution >= 4 is 21.6 Å². The van der Waals surface area contributed by atoms with Crippen molar-refractivity contribution in [2.75, 3.05) is 0 Å². The van der Waals surface area contributed by atoms with Crippen LogP contribution in [0.15, 0.2) is 18.2 Å². The molecule has 0 saturated carbocycles. The van der Waals surface area contributed by atoms with Crippen LogP contribution >= 0.6 is 15.9 Å². The first-order valence-corrected chi connectivity index (χ1v) is 6.26. The van der Waals surface area contributed by atoms with Crippen molar-refractivity contribution in [2.24, 2.45) is 0 Å². The highest BCUT2D eigenvalue weighted by atomic mass is 79.9. The molecule has 3 nitrogen and oxygen atoms in total. The first-order valence-electron chi connectivity index (χ1n) is 5.14. The van der Waals surface area contributed by atoms with Gasteiger partial charge in [0.25, 0.3) is 0 Å². The maximum atomic E-state index is 12.7. The zero-order chi connectivity index (χ0) is 13.1. The Morgan fingerprint density at radius 2 is 1.81 bits per heavy atom. The predicted octanol–water partition coefficient (Wildman–Crippen LogP) is 4.68. The predicted molar refractivity (Wildman–Crippen MR) is 68.4 cm³/mol. The zero-order valence-corrected chi connectivity index (χ0v) is 11.5. The number of rotatable bonds is 2. The second-order valence-corrected chi connectivity index (χ2v) is 2.74. The van der Waals surface area contributed by atoms with Gasteiger partial charge in [0.1, 0.15) is 0 Å². The van der Waals surface area contributed by atoms with Crippen molar-refractivity contribution in [3.63, 3.8) is 0 Å². The molecule has 0 amide bonds. The lowest BCUT2D eigenvalue weighted by molar-refractivity contribution is -0.387. The average molecular weight is 294 g/mol. The largest absolute Gasteiger partial charge is 0.305 e. The van der Waals surface area contributed by atoms with Crippen molar-refractivity contribution in [1.29, 1.82) is 0 Å². The fourth-order valence-corrected chi connectivity index (χ4v) is 1.13. The molecule has 0 fully saturated rings. The smallest absolute Gasteiger partial charge is 0.258 e. The second-order valence-electron chi connectivity index (χ2n) is 2.18. The topological polar surface area (TPSA) is 43.1 Å². The van der Waals surface area contributed by atoms with E-state index in [1.54, 1.807) is 0 Å². The molecular formula is C11H17BrFNO2. The third kappa shape index (κ3) is 5.80. The molecule has 0 aliphatic carbocycles. The monoisotopic (exact) mass is 293 g/mol. The summed E-state index contributed by atoms with van der Waals surface area (Å²) in [6, 6.07) is 3.80. The number of nitro groups is 1. The Labute approximate surface area is 104 Å². The van der Waals surface area contributed by atoms with Crippen molar-refractivity contribution in [2.45, 2.75) is 33.0 Å². The minimum absolute atomic E-state index is 0.480. The standard InChI is InChI=1S/C7H5BrFNO2.2C2H6/c8-4-5-1-2-6(9)7(3-5)10(11)12;2*1-2/h1-3H,4H2;2*1-2H3. The SMILES string of the molecule is CC.CC.O=[N+]([O-])c1cc(CBr)ccc1F. The van der Waals surface area contributed by atoms with E-state index in [-0.39, 0.29) is 0 Å². The molecule has 0 aliphatic heterocycles. The number of hydrogen-bond acceptors (Lipinski definition) is 2. The lowest BCUT2D eigenvalue weighted by atomic mass is 10.2. The van der Waals surface area contributed by atoms with Crippen molar-refractivity contribution < 1.29 is 9.31 Å². The van der Waals surface area contributed by atoms with Crippen LogP contribution in [0.4, 0.5) is 10.1 Å². The summed E-state index contributed by atoms with van der Waals surface area (Å²) in [5, 5.41) is 10.7. The van der Waals surface area contributed by atoms with Crippen molar-refractivity contribution in [3.05, 3.63) is 39.7 Å². The van der Waals surface area contributed by atoms with E-state index in [0.29, 0.717) is 10.9 Å². The molecule has 1 aromatic rings. The molecule has 5 heteroatoms. The maximum absolute atomic E-state index is 12.7. The normalized spacial score (nSPS) is 8.12. The van der Waals surface area contributed by atoms with E-state index < -0.39 is 16.4 Å². The Balaban J connectivity index is 0. The van der Waals surface area contributed by atoms with Crippen LogP contribution in [-0.4, -0.2) is 4.92 Å². The summed E-state index contributed by atoms with van der Waals surface area (Å²) in [4.78, 5) is 9.51. The molecule has 0 spiro atoms. The highest BCUT2D eigenvalue weighted by Gasteiger charge is 2.13. The van der Waals surface area contributed by atoms with E-state index in [2.05, 4.69) is 15.9 Å². The molecule has 0 N–H and O–H groups in total. The molecule has 0 unspecified atom stereocenters. The summed E-state index contributed by atoms with van der Waals surface area (Å²) in [5.41, 5.74) is 0.204. The molecule has 0 saturated heterocycles. The number of benzene rings is 1. The molecule has 1 rings (SSSR count). The molecule has 0 aromatic heterocycles. The summed E-state index contributed by atoms with van der Waals surface area (Å²) >= 11 is 3.12. The Morgan fingerprint density at radius 1 is 1.31 bits per heavy atom. The summed E-state index contributed by atoms with van der Waals surface area (Å²) in [6.07, 6.45) is 0. The van der Waals surface area contributed by atoms with Crippen molar-refractivity contribution in [1.82, 2.24) is 0 Å². The molecular weight excluding hydrogens is 277 g/mol. The van der Waals surface area contributed by atoms with E-state index in [1.807, 2.05) is 27.7 Å². The molecule has 16 heavy (non-hydrogen) atoms. The Bertz CT molecular complexity index is 319. The molecule has 1 aromatic carbocycles. The number of nitrogens with zero attached hydrogens (tertiary/aromatic N) is 1. The van der Waals surface area contributed by atoms with Gasteiger partial charge in [0, 0.05) is 11.4 Å². The summed E-state index contributed by atoms with van der Waals surface area (Å²) < 4.78 is 12.7. The third-order valence-corrected chi connectivity index (χ3v) is 2.01. The van der Waals surface area contributed by atoms with Gasteiger partial charge in [0.15, 0.2) is 0 Å². The lowest BCUT2D eigenvalue weighted by Gasteiger charge is -1.96. The van der Waals surface area contributed by atoms with Gasteiger partial charge in [-0.2, -0.15) is 4.39 Å². The average Bonchev–Trinajstić information content (AvgIpc) is 2.34. The summed E-state index contributed by atoms with van der Waals surface area (Å²) in [7, 11) is 0. The van der Waals surface area contributed by atoms with Gasteiger partial charge < -0.3 is 0 Å². The lowest BCUT2D eigenvalue weighted by Crippen LogP contribution is -1.93. The number of nitro benzene ring substituents is 1. The van der Waals surface area contributed by atoms with Gasteiger partial charge in [-0.05, 0) is 11.6 Å². The Kier molecular flexibility index (Phi) is 11.5. The maximum Gasteiger partial charge on any atom is 0.305 e. The minimum Gasteiger partial charge on any atom is -0.258 e. The third-order valence-electron chi connectivity index (χ3n) is 1.36. The van der Waals surface area contributed by atoms with E-state index in [0.717, 1.165) is 6.07 Å². The molecule has 0 aliphatic rings. The van der Waals surface area contributed by atoms with Crippen LogP contribution in [-0.2, 0) is 5.33 Å². The first kappa shape index (κ1) is 17.4. The van der Waals surface area contributed by atoms with E-state index >= 15 is 0 Å².